The van der Waals surface area contributed by atoms with E-state index in [1.54, 1.807) is 21.0 Å². The van der Waals surface area contributed by atoms with Crippen LogP contribution >= 0.6 is 0 Å². The number of rotatable bonds is 5. The monoisotopic (exact) mass is 465 g/mol. The third kappa shape index (κ3) is 9.66. The fourth-order valence-corrected chi connectivity index (χ4v) is 1.80. The van der Waals surface area contributed by atoms with Crippen molar-refractivity contribution in [3.05, 3.63) is 35.4 Å². The van der Waals surface area contributed by atoms with Gasteiger partial charge in [-0.15, -0.1) is 5.10 Å². The average molecular weight is 466 g/mol. The molecule has 1 radical (unpaired) electrons. The van der Waals surface area contributed by atoms with Gasteiger partial charge in [0.15, 0.2) is 0 Å². The molecule has 0 saturated heterocycles. The number of alkyl halides is 3. The zero-order chi connectivity index (χ0) is 19.7. The van der Waals surface area contributed by atoms with Gasteiger partial charge in [-0.1, -0.05) is 24.3 Å². The number of amidine groups is 2. The third-order valence-electron chi connectivity index (χ3n) is 2.93. The Kier molecular flexibility index (Phi) is 11.1. The Morgan fingerprint density at radius 1 is 0.926 bits per heavy atom. The van der Waals surface area contributed by atoms with Gasteiger partial charge in [0.1, 0.15) is 5.71 Å². The molecule has 6 nitrogen and oxygen atoms in total. The Morgan fingerprint density at radius 3 is 1.85 bits per heavy atom. The minimum absolute atomic E-state index is 0. The summed E-state index contributed by atoms with van der Waals surface area (Å²) >= 11 is 9.80. The van der Waals surface area contributed by atoms with Crippen LogP contribution in [0, 0.1) is 0 Å². The molecular formula is C15H17CuF3N6S2. The van der Waals surface area contributed by atoms with Crippen molar-refractivity contribution in [1.29, 1.82) is 0 Å². The van der Waals surface area contributed by atoms with Gasteiger partial charge in [-0.3, -0.25) is 0 Å². The molecule has 0 aliphatic rings. The predicted molar refractivity (Wildman–Crippen MR) is 104 cm³/mol. The van der Waals surface area contributed by atoms with E-state index >= 15 is 0 Å². The molecule has 0 heterocycles. The van der Waals surface area contributed by atoms with Crippen LogP contribution in [0.4, 0.5) is 13.2 Å². The first-order valence-corrected chi connectivity index (χ1v) is 8.11. The Balaban J connectivity index is 0.00000676. The maximum absolute atomic E-state index is 12.5. The fourth-order valence-electron chi connectivity index (χ4n) is 1.71. The van der Waals surface area contributed by atoms with Crippen LogP contribution in [0.3, 0.4) is 0 Å². The molecule has 0 aliphatic heterocycles. The molecule has 0 saturated carbocycles. The van der Waals surface area contributed by atoms with Crippen molar-refractivity contribution in [3.8, 4) is 0 Å². The molecule has 151 valence electrons. The molecule has 0 aliphatic carbocycles. The predicted octanol–water partition coefficient (Wildman–Crippen LogP) is 2.11. The van der Waals surface area contributed by atoms with Crippen LogP contribution in [0.5, 0.6) is 0 Å². The SMILES string of the molecule is CN/C([S-])=N/N=C(C)/C(=N/N=C(\[S-])NC)c1ccc(CC(F)(F)F)cc1.[Cu+2]. The van der Waals surface area contributed by atoms with Gasteiger partial charge in [-0.05, 0) is 22.8 Å². The van der Waals surface area contributed by atoms with Crippen LogP contribution in [0.15, 0.2) is 44.7 Å². The zero-order valence-electron chi connectivity index (χ0n) is 14.6. The minimum atomic E-state index is -4.27. The molecule has 0 atom stereocenters. The number of halogens is 3. The topological polar surface area (TPSA) is 73.5 Å². The van der Waals surface area contributed by atoms with Crippen molar-refractivity contribution in [2.75, 3.05) is 14.1 Å². The minimum Gasteiger partial charge on any atom is -0.741 e. The van der Waals surface area contributed by atoms with Gasteiger partial charge in [0, 0.05) is 19.7 Å². The largest absolute Gasteiger partial charge is 2.00 e. The van der Waals surface area contributed by atoms with Crippen molar-refractivity contribution in [3.63, 3.8) is 0 Å². The van der Waals surface area contributed by atoms with Gasteiger partial charge in [-0.2, -0.15) is 28.5 Å². The quantitative estimate of drug-likeness (QED) is 0.230. The summed E-state index contributed by atoms with van der Waals surface area (Å²) < 4.78 is 37.4. The summed E-state index contributed by atoms with van der Waals surface area (Å²) in [6.07, 6.45) is -5.28. The van der Waals surface area contributed by atoms with Crippen LogP contribution in [0.2, 0.25) is 0 Å². The molecule has 0 fully saturated rings. The van der Waals surface area contributed by atoms with Gasteiger partial charge in [0.25, 0.3) is 0 Å². The van der Waals surface area contributed by atoms with Crippen molar-refractivity contribution >= 4 is 47.0 Å². The van der Waals surface area contributed by atoms with Gasteiger partial charge < -0.3 is 35.9 Å². The molecule has 2 N–H and O–H groups in total. The molecule has 12 heteroatoms. The third-order valence-corrected chi connectivity index (χ3v) is 3.51. The van der Waals surface area contributed by atoms with E-state index in [9.17, 15) is 13.2 Å². The zero-order valence-corrected chi connectivity index (χ0v) is 17.1. The molecule has 1 rings (SSSR count). The van der Waals surface area contributed by atoms with E-state index in [0.29, 0.717) is 17.0 Å². The van der Waals surface area contributed by atoms with Gasteiger partial charge in [-0.25, -0.2) is 0 Å². The number of nitrogens with zero attached hydrogens (tertiary/aromatic N) is 4. The van der Waals surface area contributed by atoms with E-state index in [-0.39, 0.29) is 33.0 Å². The van der Waals surface area contributed by atoms with E-state index in [1.807, 2.05) is 0 Å². The summed E-state index contributed by atoms with van der Waals surface area (Å²) in [7, 11) is 3.19. The van der Waals surface area contributed by atoms with Crippen molar-refractivity contribution < 1.29 is 30.2 Å². The van der Waals surface area contributed by atoms with Crippen LogP contribution in [0.25, 0.3) is 0 Å². The summed E-state index contributed by atoms with van der Waals surface area (Å²) in [6, 6.07) is 5.76. The number of hydrogen-bond donors (Lipinski definition) is 2. The number of hydrogen-bond acceptors (Lipinski definition) is 6. The molecule has 0 amide bonds. The van der Waals surface area contributed by atoms with Crippen LogP contribution in [0.1, 0.15) is 18.1 Å². The fraction of sp³-hybridized carbons (Fsp3) is 0.333. The van der Waals surface area contributed by atoms with E-state index < -0.39 is 12.6 Å². The van der Waals surface area contributed by atoms with Gasteiger partial charge in [0.05, 0.1) is 12.1 Å². The number of nitrogens with one attached hydrogen (secondary N) is 2. The number of benzene rings is 1. The maximum atomic E-state index is 12.5. The van der Waals surface area contributed by atoms with Crippen LogP contribution < -0.4 is 10.6 Å². The summed E-state index contributed by atoms with van der Waals surface area (Å²) in [6.45, 7) is 1.63. The second kappa shape index (κ2) is 11.9. The molecule has 1 aromatic carbocycles. The second-order valence-corrected chi connectivity index (χ2v) is 5.71. The smallest absolute Gasteiger partial charge is 0.741 e. The normalized spacial score (nSPS) is 13.9. The molecule has 27 heavy (non-hydrogen) atoms. The average Bonchev–Trinajstić information content (AvgIpc) is 2.59. The molecule has 1 aromatic rings. The Labute approximate surface area is 177 Å². The van der Waals surface area contributed by atoms with Crippen LogP contribution in [-0.4, -0.2) is 42.0 Å². The molecule has 0 unspecified atom stereocenters. The molecule has 0 spiro atoms. The molecular weight excluding hydrogens is 449 g/mol. The summed E-state index contributed by atoms with van der Waals surface area (Å²) in [5.74, 6) is 0. The first kappa shape index (κ1) is 25.2. The van der Waals surface area contributed by atoms with Crippen molar-refractivity contribution in [2.24, 2.45) is 20.4 Å². The Bertz CT molecular complexity index is 730. The van der Waals surface area contributed by atoms with Crippen molar-refractivity contribution in [2.45, 2.75) is 19.5 Å². The molecule has 0 bridgehead atoms. The van der Waals surface area contributed by atoms with E-state index in [4.69, 9.17) is 25.3 Å². The van der Waals surface area contributed by atoms with Crippen molar-refractivity contribution in [1.82, 2.24) is 10.6 Å². The maximum Gasteiger partial charge on any atom is 2.00 e. The summed E-state index contributed by atoms with van der Waals surface area (Å²) in [5.41, 5.74) is 1.34. The van der Waals surface area contributed by atoms with Crippen LogP contribution in [-0.2, 0) is 48.7 Å². The van der Waals surface area contributed by atoms with E-state index in [2.05, 4.69) is 31.0 Å². The standard InChI is InChI=1S/C15H19F3N6S2.Cu/c1-9(21-23-13(25)19-2)12(22-24-14(26)20-3)11-6-4-10(5-7-11)8-15(16,17)18;/h4-7H,8H2,1-3H3,(H2,19,23,25)(H2,20,24,26);/q;+2/p-2/b21-9+,22-12-;. The Morgan fingerprint density at radius 2 is 1.41 bits per heavy atom. The summed E-state index contributed by atoms with van der Waals surface area (Å²) in [5, 5.41) is 21.2. The first-order valence-electron chi connectivity index (χ1n) is 7.30. The Hall–Kier alpha value is -1.75. The van der Waals surface area contributed by atoms with Gasteiger partial charge >= 0.3 is 23.2 Å². The first-order chi connectivity index (χ1) is 12.2. The van der Waals surface area contributed by atoms with E-state index in [0.717, 1.165) is 0 Å². The van der Waals surface area contributed by atoms with E-state index in [1.165, 1.54) is 24.3 Å². The second-order valence-electron chi connectivity index (χ2n) is 4.93. The van der Waals surface area contributed by atoms with Gasteiger partial charge in [0.2, 0.25) is 0 Å². The summed E-state index contributed by atoms with van der Waals surface area (Å²) in [4.78, 5) is 0. The molecule has 0 aromatic heterocycles.